The smallest absolute Gasteiger partial charge is 0.340 e. The molecule has 0 aliphatic carbocycles. The van der Waals surface area contributed by atoms with Crippen molar-refractivity contribution in [1.29, 1.82) is 0 Å². The lowest BCUT2D eigenvalue weighted by molar-refractivity contribution is -0.494. The minimum Gasteiger partial charge on any atom is -0.478 e. The van der Waals surface area contributed by atoms with Crippen LogP contribution >= 0.6 is 0 Å². The van der Waals surface area contributed by atoms with Crippen molar-refractivity contribution in [2.75, 3.05) is 23.4 Å². The largest absolute Gasteiger partial charge is 0.478 e. The molecule has 37 heavy (non-hydrogen) atoms. The molecule has 3 heterocycles. The van der Waals surface area contributed by atoms with Crippen molar-refractivity contribution < 1.29 is 19.9 Å². The molecule has 4 rings (SSSR count). The molecule has 2 N–H and O–H groups in total. The number of aromatic nitrogens is 4. The third-order valence-corrected chi connectivity index (χ3v) is 5.15. The summed E-state index contributed by atoms with van der Waals surface area (Å²) in [6.07, 6.45) is 4.39. The van der Waals surface area contributed by atoms with Crippen molar-refractivity contribution in [2.24, 2.45) is 0 Å². The van der Waals surface area contributed by atoms with Crippen LogP contribution in [-0.2, 0) is 0 Å². The number of hydrazine groups is 1. The Hall–Kier alpha value is -5.53. The molecule has 0 atom stereocenters. The number of nitro groups is 2. The second-order valence-corrected chi connectivity index (χ2v) is 7.44. The fraction of sp³-hybridized carbons (Fsp3) is 0.0870. The Morgan fingerprint density at radius 1 is 0.919 bits per heavy atom. The molecule has 0 fully saturated rings. The summed E-state index contributed by atoms with van der Waals surface area (Å²) in [4.78, 5) is 51.0. The summed E-state index contributed by atoms with van der Waals surface area (Å²) >= 11 is 0. The molecule has 1 aromatic carbocycles. The zero-order valence-corrected chi connectivity index (χ0v) is 19.0. The van der Waals surface area contributed by atoms with Gasteiger partial charge in [-0.25, -0.2) is 29.9 Å². The highest BCUT2D eigenvalue weighted by Gasteiger charge is 2.24. The zero-order chi connectivity index (χ0) is 26.4. The average Bonchev–Trinajstić information content (AvgIpc) is 2.91. The number of nitro benzene ring substituents is 1. The van der Waals surface area contributed by atoms with Crippen LogP contribution in [0.4, 0.5) is 17.5 Å². The van der Waals surface area contributed by atoms with Crippen LogP contribution in [0.5, 0.6) is 0 Å². The van der Waals surface area contributed by atoms with Gasteiger partial charge in [0, 0.05) is 48.4 Å². The molecule has 186 valence electrons. The molecule has 0 unspecified atom stereocenters. The molecular weight excluding hydrogens is 484 g/mol. The molecule has 4 aromatic rings. The normalized spacial score (nSPS) is 10.5. The van der Waals surface area contributed by atoms with E-state index in [9.17, 15) is 30.1 Å². The molecule has 0 saturated heterocycles. The van der Waals surface area contributed by atoms with Gasteiger partial charge in [-0.05, 0) is 36.4 Å². The predicted molar refractivity (Wildman–Crippen MR) is 131 cm³/mol. The van der Waals surface area contributed by atoms with E-state index >= 15 is 0 Å². The molecule has 14 nitrogen and oxygen atoms in total. The van der Waals surface area contributed by atoms with Crippen LogP contribution < -0.4 is 10.3 Å². The third-order valence-electron chi connectivity index (χ3n) is 5.15. The topological polar surface area (TPSA) is 190 Å². The highest BCUT2D eigenvalue weighted by Crippen LogP contribution is 2.32. The number of benzene rings is 1. The molecule has 0 saturated carbocycles. The van der Waals surface area contributed by atoms with Crippen LogP contribution in [0.3, 0.4) is 0 Å². The van der Waals surface area contributed by atoms with Crippen molar-refractivity contribution >= 4 is 23.4 Å². The van der Waals surface area contributed by atoms with Crippen molar-refractivity contribution in [3.05, 3.63) is 99.0 Å². The lowest BCUT2D eigenvalue weighted by Crippen LogP contribution is -2.35. The van der Waals surface area contributed by atoms with Crippen molar-refractivity contribution in [1.82, 2.24) is 19.9 Å². The first-order chi connectivity index (χ1) is 17.8. The number of aromatic carboxylic acids is 1. The Labute approximate surface area is 208 Å². The number of carboxylic acid groups (broad SMARTS) is 1. The number of hydrogen-bond donors (Lipinski definition) is 2. The van der Waals surface area contributed by atoms with Gasteiger partial charge >= 0.3 is 5.97 Å². The van der Waals surface area contributed by atoms with Gasteiger partial charge in [-0.1, -0.05) is 11.1 Å². The number of carbonyl (C=O) groups is 1. The Balaban J connectivity index is 1.73. The molecule has 0 spiro atoms. The lowest BCUT2D eigenvalue weighted by atomic mass is 10.0. The molecule has 0 radical (unpaired) electrons. The van der Waals surface area contributed by atoms with E-state index in [2.05, 4.69) is 25.3 Å². The van der Waals surface area contributed by atoms with Crippen molar-refractivity contribution in [3.63, 3.8) is 0 Å². The fourth-order valence-corrected chi connectivity index (χ4v) is 3.47. The Morgan fingerprint density at radius 2 is 1.57 bits per heavy atom. The van der Waals surface area contributed by atoms with Gasteiger partial charge in [0.05, 0.1) is 16.3 Å². The first-order valence-electron chi connectivity index (χ1n) is 10.7. The van der Waals surface area contributed by atoms with Gasteiger partial charge < -0.3 is 10.4 Å². The summed E-state index contributed by atoms with van der Waals surface area (Å²) < 4.78 is 0. The van der Waals surface area contributed by atoms with E-state index in [1.807, 2.05) is 0 Å². The molecule has 3 aromatic heterocycles. The maximum Gasteiger partial charge on any atom is 0.340 e. The quantitative estimate of drug-likeness (QED) is 0.238. The number of non-ortho nitro benzene ring substituents is 1. The van der Waals surface area contributed by atoms with Gasteiger partial charge in [-0.2, -0.15) is 0 Å². The monoisotopic (exact) mass is 502 g/mol. The molecule has 14 heteroatoms. The SMILES string of the molecule is O=C(O)c1c(-c2ccncc2)nc(NCCN(c2ccccn2)[N+](=O)[O-])nc1-c1ccc([N+](=O)[O-])cc1. The van der Waals surface area contributed by atoms with E-state index in [1.165, 1.54) is 48.9 Å². The maximum atomic E-state index is 12.3. The Kier molecular flexibility index (Phi) is 7.19. The molecule has 0 amide bonds. The van der Waals surface area contributed by atoms with Gasteiger partial charge in [0.15, 0.2) is 10.9 Å². The van der Waals surface area contributed by atoms with Gasteiger partial charge in [0.2, 0.25) is 5.95 Å². The number of hydrogen-bond acceptors (Lipinski definition) is 10. The van der Waals surface area contributed by atoms with E-state index in [4.69, 9.17) is 0 Å². The Morgan fingerprint density at radius 3 is 2.11 bits per heavy atom. The summed E-state index contributed by atoms with van der Waals surface area (Å²) in [6, 6.07) is 13.2. The second kappa shape index (κ2) is 10.8. The summed E-state index contributed by atoms with van der Waals surface area (Å²) in [5.41, 5.74) is 0.465. The zero-order valence-electron chi connectivity index (χ0n) is 19.0. The van der Waals surface area contributed by atoms with Crippen LogP contribution in [0.1, 0.15) is 10.4 Å². The van der Waals surface area contributed by atoms with Gasteiger partial charge in [-0.3, -0.25) is 15.1 Å². The standard InChI is InChI=1S/C23H18N8O6/c32-22(33)19-20(15-4-6-17(7-5-15)30(34)35)27-23(28-21(19)16-8-11-24-12-9-16)26-13-14-29(31(36)37)18-3-1-2-10-25-18/h1-12H,13-14H2,(H,32,33)(H,26,27,28). The highest BCUT2D eigenvalue weighted by molar-refractivity contribution is 6.01. The van der Waals surface area contributed by atoms with E-state index in [1.54, 1.807) is 24.3 Å². The molecular formula is C23H18N8O6. The van der Waals surface area contributed by atoms with E-state index < -0.39 is 15.9 Å². The second-order valence-electron chi connectivity index (χ2n) is 7.44. The van der Waals surface area contributed by atoms with Gasteiger partial charge in [-0.15, -0.1) is 0 Å². The summed E-state index contributed by atoms with van der Waals surface area (Å²) in [6.45, 7) is -0.0923. The number of anilines is 2. The van der Waals surface area contributed by atoms with Crippen LogP contribution in [-0.4, -0.2) is 54.1 Å². The number of rotatable bonds is 10. The van der Waals surface area contributed by atoms with Crippen LogP contribution in [0, 0.1) is 20.2 Å². The molecule has 0 aliphatic heterocycles. The predicted octanol–water partition coefficient (Wildman–Crippen LogP) is 3.32. The lowest BCUT2D eigenvalue weighted by Gasteiger charge is -2.16. The number of nitrogens with one attached hydrogen (secondary N) is 1. The minimum atomic E-state index is -1.30. The van der Waals surface area contributed by atoms with E-state index in [0.29, 0.717) is 11.1 Å². The van der Waals surface area contributed by atoms with Crippen molar-refractivity contribution in [3.8, 4) is 22.5 Å². The first kappa shape index (κ1) is 24.6. The number of pyridine rings is 2. The van der Waals surface area contributed by atoms with E-state index in [0.717, 1.165) is 5.01 Å². The highest BCUT2D eigenvalue weighted by atomic mass is 16.7. The molecule has 0 bridgehead atoms. The fourth-order valence-electron chi connectivity index (χ4n) is 3.47. The van der Waals surface area contributed by atoms with E-state index in [-0.39, 0.29) is 47.5 Å². The summed E-state index contributed by atoms with van der Waals surface area (Å²) in [5, 5.41) is 35.8. The third kappa shape index (κ3) is 5.59. The van der Waals surface area contributed by atoms with Crippen LogP contribution in [0.25, 0.3) is 22.5 Å². The summed E-state index contributed by atoms with van der Waals surface area (Å²) in [7, 11) is 0. The number of carboxylic acids is 1. The van der Waals surface area contributed by atoms with Gasteiger partial charge in [0.1, 0.15) is 12.1 Å². The average molecular weight is 502 g/mol. The first-order valence-corrected chi connectivity index (χ1v) is 10.7. The minimum absolute atomic E-state index is 0.00878. The maximum absolute atomic E-state index is 12.3. The molecule has 0 aliphatic rings. The van der Waals surface area contributed by atoms with Crippen molar-refractivity contribution in [2.45, 2.75) is 0 Å². The van der Waals surface area contributed by atoms with Crippen LogP contribution in [0.15, 0.2) is 73.2 Å². The summed E-state index contributed by atoms with van der Waals surface area (Å²) in [5.74, 6) is -1.16. The van der Waals surface area contributed by atoms with Crippen LogP contribution in [0.2, 0.25) is 0 Å². The Bertz CT molecular complexity index is 1440. The van der Waals surface area contributed by atoms with Gasteiger partial charge in [0.25, 0.3) is 5.69 Å². The number of nitrogens with zero attached hydrogens (tertiary/aromatic N) is 7.